The molecule has 0 fully saturated rings. The van der Waals surface area contributed by atoms with Crippen LogP contribution >= 0.6 is 0 Å². The molecule has 0 unspecified atom stereocenters. The summed E-state index contributed by atoms with van der Waals surface area (Å²) >= 11 is 0. The van der Waals surface area contributed by atoms with Gasteiger partial charge in [-0.05, 0) is 63.1 Å². The zero-order valence-corrected chi connectivity index (χ0v) is 13.2. The van der Waals surface area contributed by atoms with Crippen molar-refractivity contribution in [2.75, 3.05) is 7.11 Å². The van der Waals surface area contributed by atoms with Gasteiger partial charge in [0.2, 0.25) is 0 Å². The molecule has 0 amide bonds. The van der Waals surface area contributed by atoms with Crippen molar-refractivity contribution in [2.45, 2.75) is 38.9 Å². The van der Waals surface area contributed by atoms with Gasteiger partial charge >= 0.3 is 0 Å². The summed E-state index contributed by atoms with van der Waals surface area (Å²) in [5.74, 6) is 0. The van der Waals surface area contributed by atoms with Gasteiger partial charge in [0.1, 0.15) is 0 Å². The van der Waals surface area contributed by atoms with Gasteiger partial charge in [0, 0.05) is 19.5 Å². The summed E-state index contributed by atoms with van der Waals surface area (Å²) in [6, 6.07) is 7.59. The molecule has 4 heteroatoms. The molecule has 2 rings (SSSR count). The quantitative estimate of drug-likeness (QED) is 0.937. The molecular formula is C17H22N2O2. The Kier molecular flexibility index (Phi) is 4.12. The fourth-order valence-electron chi connectivity index (χ4n) is 2.01. The normalized spacial score (nSPS) is 12.5. The van der Waals surface area contributed by atoms with E-state index in [9.17, 15) is 5.11 Å². The fourth-order valence-corrected chi connectivity index (χ4v) is 2.01. The molecule has 0 saturated heterocycles. The van der Waals surface area contributed by atoms with Gasteiger partial charge in [0.05, 0.1) is 22.6 Å². The van der Waals surface area contributed by atoms with Gasteiger partial charge in [-0.2, -0.15) is 0 Å². The Hall–Kier alpha value is -1.78. The van der Waals surface area contributed by atoms with Gasteiger partial charge in [0.25, 0.3) is 0 Å². The first kappa shape index (κ1) is 15.6. The van der Waals surface area contributed by atoms with E-state index in [0.29, 0.717) is 0 Å². The smallest absolute Gasteiger partial charge is 0.0890 e. The predicted octanol–water partition coefficient (Wildman–Crippen LogP) is 3.25. The van der Waals surface area contributed by atoms with Crippen molar-refractivity contribution in [1.29, 1.82) is 0 Å². The summed E-state index contributed by atoms with van der Waals surface area (Å²) in [6.07, 6.45) is 3.45. The summed E-state index contributed by atoms with van der Waals surface area (Å²) in [5, 5.41) is 10.1. The molecule has 0 radical (unpaired) electrons. The van der Waals surface area contributed by atoms with Crippen LogP contribution in [0.4, 0.5) is 0 Å². The number of aromatic nitrogens is 2. The summed E-state index contributed by atoms with van der Waals surface area (Å²) in [7, 11) is 1.69. The van der Waals surface area contributed by atoms with Crippen LogP contribution < -0.4 is 0 Å². The van der Waals surface area contributed by atoms with E-state index in [1.165, 1.54) is 0 Å². The number of pyridine rings is 2. The average molecular weight is 286 g/mol. The van der Waals surface area contributed by atoms with Crippen LogP contribution in [0.1, 0.15) is 38.8 Å². The van der Waals surface area contributed by atoms with E-state index in [4.69, 9.17) is 4.74 Å². The molecule has 1 N–H and O–H groups in total. The largest absolute Gasteiger partial charge is 0.386 e. The highest BCUT2D eigenvalue weighted by Crippen LogP contribution is 2.28. The Bertz CT molecular complexity index is 631. The van der Waals surface area contributed by atoms with Crippen molar-refractivity contribution in [3.63, 3.8) is 0 Å². The van der Waals surface area contributed by atoms with Crippen molar-refractivity contribution >= 4 is 0 Å². The highest BCUT2D eigenvalue weighted by molar-refractivity contribution is 5.56. The number of hydrogen-bond acceptors (Lipinski definition) is 4. The number of methoxy groups -OCH3 is 1. The Morgan fingerprint density at radius 3 is 1.86 bits per heavy atom. The molecule has 0 aromatic carbocycles. The molecule has 4 nitrogen and oxygen atoms in total. The summed E-state index contributed by atoms with van der Waals surface area (Å²) in [5.41, 5.74) is 2.07. The zero-order chi connectivity index (χ0) is 15.7. The molecule has 2 aromatic rings. The minimum atomic E-state index is -0.902. The molecule has 0 spiro atoms. The molecular weight excluding hydrogens is 264 g/mol. The van der Waals surface area contributed by atoms with Gasteiger partial charge in [-0.1, -0.05) is 0 Å². The summed E-state index contributed by atoms with van der Waals surface area (Å²) < 4.78 is 5.50. The van der Waals surface area contributed by atoms with Gasteiger partial charge in [0.15, 0.2) is 0 Å². The number of ether oxygens (including phenoxy) is 1. The average Bonchev–Trinajstić information content (AvgIpc) is 2.47. The van der Waals surface area contributed by atoms with E-state index in [0.717, 1.165) is 22.5 Å². The third kappa shape index (κ3) is 3.46. The van der Waals surface area contributed by atoms with E-state index in [-0.39, 0.29) is 5.60 Å². The molecule has 0 aliphatic carbocycles. The van der Waals surface area contributed by atoms with E-state index in [1.807, 2.05) is 38.1 Å². The molecule has 2 heterocycles. The number of hydrogen-bond donors (Lipinski definition) is 1. The second-order valence-electron chi connectivity index (χ2n) is 6.13. The SMILES string of the molecule is COC(C)(C)c1ccnc(-c2cc(C(C)(C)O)ccn2)c1. The first-order chi connectivity index (χ1) is 9.74. The van der Waals surface area contributed by atoms with Crippen molar-refractivity contribution < 1.29 is 9.84 Å². The van der Waals surface area contributed by atoms with E-state index >= 15 is 0 Å². The molecule has 0 aliphatic heterocycles. The van der Waals surface area contributed by atoms with Crippen LogP contribution in [0.15, 0.2) is 36.7 Å². The molecule has 0 saturated carbocycles. The van der Waals surface area contributed by atoms with Gasteiger partial charge in [-0.3, -0.25) is 9.97 Å². The van der Waals surface area contributed by atoms with Crippen molar-refractivity contribution in [2.24, 2.45) is 0 Å². The Labute approximate surface area is 125 Å². The Balaban J connectivity index is 2.46. The van der Waals surface area contributed by atoms with Crippen LogP contribution in [0.25, 0.3) is 11.4 Å². The van der Waals surface area contributed by atoms with E-state index in [1.54, 1.807) is 33.4 Å². The third-order valence-corrected chi connectivity index (χ3v) is 3.69. The minimum absolute atomic E-state index is 0.383. The van der Waals surface area contributed by atoms with Crippen LogP contribution in [0.5, 0.6) is 0 Å². The Morgan fingerprint density at radius 2 is 1.38 bits per heavy atom. The van der Waals surface area contributed by atoms with Gasteiger partial charge in [-0.15, -0.1) is 0 Å². The number of aliphatic hydroxyl groups is 1. The lowest BCUT2D eigenvalue weighted by Crippen LogP contribution is -2.19. The van der Waals surface area contributed by atoms with Crippen LogP contribution in [-0.2, 0) is 15.9 Å². The first-order valence-corrected chi connectivity index (χ1v) is 6.95. The van der Waals surface area contributed by atoms with Crippen LogP contribution in [0, 0.1) is 0 Å². The molecule has 0 aliphatic rings. The maximum absolute atomic E-state index is 10.1. The van der Waals surface area contributed by atoms with Crippen LogP contribution in [0.3, 0.4) is 0 Å². The van der Waals surface area contributed by atoms with E-state index < -0.39 is 5.60 Å². The number of rotatable bonds is 4. The maximum Gasteiger partial charge on any atom is 0.0890 e. The second-order valence-corrected chi connectivity index (χ2v) is 6.13. The monoisotopic (exact) mass is 286 g/mol. The summed E-state index contributed by atoms with van der Waals surface area (Å²) in [4.78, 5) is 8.74. The molecule has 112 valence electrons. The lowest BCUT2D eigenvalue weighted by molar-refractivity contribution is 0.0192. The molecule has 0 bridgehead atoms. The second kappa shape index (κ2) is 5.54. The Morgan fingerprint density at radius 1 is 0.905 bits per heavy atom. The standard InChI is InChI=1S/C17H22N2O2/c1-16(2,20)12-6-8-18-14(10-12)15-11-13(7-9-19-15)17(3,4)21-5/h6-11,20H,1-5H3. The lowest BCUT2D eigenvalue weighted by atomic mass is 9.96. The number of nitrogens with zero attached hydrogens (tertiary/aromatic N) is 2. The first-order valence-electron chi connectivity index (χ1n) is 6.95. The lowest BCUT2D eigenvalue weighted by Gasteiger charge is -2.23. The van der Waals surface area contributed by atoms with E-state index in [2.05, 4.69) is 9.97 Å². The molecule has 0 atom stereocenters. The predicted molar refractivity (Wildman–Crippen MR) is 82.7 cm³/mol. The molecule has 21 heavy (non-hydrogen) atoms. The minimum Gasteiger partial charge on any atom is -0.386 e. The van der Waals surface area contributed by atoms with Gasteiger partial charge < -0.3 is 9.84 Å². The van der Waals surface area contributed by atoms with Crippen molar-refractivity contribution in [1.82, 2.24) is 9.97 Å². The van der Waals surface area contributed by atoms with Crippen molar-refractivity contribution in [3.8, 4) is 11.4 Å². The topological polar surface area (TPSA) is 55.2 Å². The van der Waals surface area contributed by atoms with Crippen LogP contribution in [-0.4, -0.2) is 22.2 Å². The van der Waals surface area contributed by atoms with Gasteiger partial charge in [-0.25, -0.2) is 0 Å². The highest BCUT2D eigenvalue weighted by Gasteiger charge is 2.21. The summed E-state index contributed by atoms with van der Waals surface area (Å²) in [6.45, 7) is 7.52. The molecule has 2 aromatic heterocycles. The zero-order valence-electron chi connectivity index (χ0n) is 13.2. The third-order valence-electron chi connectivity index (χ3n) is 3.69. The highest BCUT2D eigenvalue weighted by atomic mass is 16.5. The maximum atomic E-state index is 10.1. The van der Waals surface area contributed by atoms with Crippen molar-refractivity contribution in [3.05, 3.63) is 47.8 Å². The fraction of sp³-hybridized carbons (Fsp3) is 0.412. The van der Waals surface area contributed by atoms with Crippen LogP contribution in [0.2, 0.25) is 0 Å².